The lowest BCUT2D eigenvalue weighted by Crippen LogP contribution is -2.50. The Morgan fingerprint density at radius 1 is 0.923 bits per heavy atom. The molecule has 6 heteroatoms. The zero-order valence-electron chi connectivity index (χ0n) is 15.0. The van der Waals surface area contributed by atoms with Gasteiger partial charge in [-0.3, -0.25) is 4.79 Å². The van der Waals surface area contributed by atoms with Crippen LogP contribution in [0.4, 0.5) is 0 Å². The number of carbonyl (C=O) groups is 1. The van der Waals surface area contributed by atoms with Crippen LogP contribution in [0.1, 0.15) is 17.5 Å². The summed E-state index contributed by atoms with van der Waals surface area (Å²) in [6.07, 6.45) is 1.16. The Kier molecular flexibility index (Phi) is 5.74. The number of hydrogen-bond donors (Lipinski definition) is 0. The quantitative estimate of drug-likeness (QED) is 0.810. The Bertz CT molecular complexity index is 840. The second-order valence-corrected chi connectivity index (χ2v) is 8.52. The molecule has 2 aromatic rings. The lowest BCUT2D eigenvalue weighted by atomic mass is 10.1. The summed E-state index contributed by atoms with van der Waals surface area (Å²) in [5.41, 5.74) is 2.35. The van der Waals surface area contributed by atoms with Crippen molar-refractivity contribution in [3.63, 3.8) is 0 Å². The molecule has 1 fully saturated rings. The van der Waals surface area contributed by atoms with Crippen LogP contribution in [-0.4, -0.2) is 49.7 Å². The van der Waals surface area contributed by atoms with E-state index in [0.29, 0.717) is 43.9 Å². The molecular weight excluding hydrogens is 348 g/mol. The molecule has 0 saturated carbocycles. The molecule has 0 bridgehead atoms. The third-order valence-electron chi connectivity index (χ3n) is 4.72. The molecule has 1 aliphatic heterocycles. The number of sulfonamides is 1. The van der Waals surface area contributed by atoms with Crippen molar-refractivity contribution in [2.45, 2.75) is 24.7 Å². The van der Waals surface area contributed by atoms with Crippen LogP contribution in [0.2, 0.25) is 0 Å². The van der Waals surface area contributed by atoms with Crippen molar-refractivity contribution >= 4 is 15.9 Å². The lowest BCUT2D eigenvalue weighted by molar-refractivity contribution is -0.132. The van der Waals surface area contributed by atoms with Crippen LogP contribution in [-0.2, 0) is 21.2 Å². The Balaban J connectivity index is 1.53. The van der Waals surface area contributed by atoms with Gasteiger partial charge in [-0.15, -0.1) is 0 Å². The fourth-order valence-electron chi connectivity index (χ4n) is 3.08. The van der Waals surface area contributed by atoms with Gasteiger partial charge in [0.1, 0.15) is 0 Å². The van der Waals surface area contributed by atoms with Crippen molar-refractivity contribution in [2.75, 3.05) is 26.2 Å². The number of rotatable bonds is 5. The average Bonchev–Trinajstić information content (AvgIpc) is 2.68. The molecule has 3 rings (SSSR count). The Hall–Kier alpha value is -2.18. The molecule has 2 aromatic carbocycles. The zero-order chi connectivity index (χ0) is 18.6. The van der Waals surface area contributed by atoms with E-state index in [1.54, 1.807) is 35.2 Å². The summed E-state index contributed by atoms with van der Waals surface area (Å²) in [4.78, 5) is 14.5. The molecule has 1 heterocycles. The van der Waals surface area contributed by atoms with Gasteiger partial charge in [-0.05, 0) is 31.0 Å². The molecule has 0 aromatic heterocycles. The van der Waals surface area contributed by atoms with Crippen molar-refractivity contribution in [2.24, 2.45) is 0 Å². The van der Waals surface area contributed by atoms with Gasteiger partial charge in [0.05, 0.1) is 4.90 Å². The largest absolute Gasteiger partial charge is 0.340 e. The molecule has 0 N–H and O–H groups in total. The van der Waals surface area contributed by atoms with E-state index in [9.17, 15) is 13.2 Å². The van der Waals surface area contributed by atoms with Gasteiger partial charge in [0.15, 0.2) is 0 Å². The first-order valence-corrected chi connectivity index (χ1v) is 10.3. The predicted molar refractivity (Wildman–Crippen MR) is 101 cm³/mol. The average molecular weight is 372 g/mol. The molecule has 5 nitrogen and oxygen atoms in total. The maximum atomic E-state index is 12.6. The summed E-state index contributed by atoms with van der Waals surface area (Å²) in [6, 6.07) is 16.6. The summed E-state index contributed by atoms with van der Waals surface area (Å²) in [5, 5.41) is 0. The lowest BCUT2D eigenvalue weighted by Gasteiger charge is -2.34. The second kappa shape index (κ2) is 8.01. The van der Waals surface area contributed by atoms with E-state index in [1.807, 2.05) is 31.2 Å². The summed E-state index contributed by atoms with van der Waals surface area (Å²) in [6.45, 7) is 3.61. The second-order valence-electron chi connectivity index (χ2n) is 6.58. The first-order chi connectivity index (χ1) is 12.5. The predicted octanol–water partition coefficient (Wildman–Crippen LogP) is 2.46. The zero-order valence-corrected chi connectivity index (χ0v) is 15.8. The minimum Gasteiger partial charge on any atom is -0.340 e. The standard InChI is InChI=1S/C20H24N2O3S/c1-17-7-9-18(10-8-17)11-12-20(23)21-13-15-22(16-14-21)26(24,25)19-5-3-2-4-6-19/h2-10H,11-16H2,1H3. The van der Waals surface area contributed by atoms with Gasteiger partial charge in [0.2, 0.25) is 15.9 Å². The van der Waals surface area contributed by atoms with E-state index in [2.05, 4.69) is 0 Å². The molecule has 1 amide bonds. The SMILES string of the molecule is Cc1ccc(CCC(=O)N2CCN(S(=O)(=O)c3ccccc3)CC2)cc1. The molecular formula is C20H24N2O3S. The third kappa shape index (κ3) is 4.31. The van der Waals surface area contributed by atoms with Gasteiger partial charge >= 0.3 is 0 Å². The van der Waals surface area contributed by atoms with Crippen LogP contribution in [0, 0.1) is 6.92 Å². The maximum Gasteiger partial charge on any atom is 0.243 e. The minimum atomic E-state index is -3.48. The van der Waals surface area contributed by atoms with Crippen LogP contribution < -0.4 is 0 Å². The molecule has 0 aliphatic carbocycles. The summed E-state index contributed by atoms with van der Waals surface area (Å²) < 4.78 is 26.7. The smallest absolute Gasteiger partial charge is 0.243 e. The third-order valence-corrected chi connectivity index (χ3v) is 6.63. The molecule has 138 valence electrons. The maximum absolute atomic E-state index is 12.6. The molecule has 0 atom stereocenters. The van der Waals surface area contributed by atoms with Crippen molar-refractivity contribution in [3.8, 4) is 0 Å². The van der Waals surface area contributed by atoms with Crippen LogP contribution in [0.15, 0.2) is 59.5 Å². The van der Waals surface area contributed by atoms with E-state index in [4.69, 9.17) is 0 Å². The first kappa shape index (κ1) is 18.6. The van der Waals surface area contributed by atoms with Crippen molar-refractivity contribution in [3.05, 3.63) is 65.7 Å². The van der Waals surface area contributed by atoms with Gasteiger partial charge in [0.25, 0.3) is 0 Å². The van der Waals surface area contributed by atoms with Gasteiger partial charge in [-0.2, -0.15) is 4.31 Å². The number of benzene rings is 2. The fraction of sp³-hybridized carbons (Fsp3) is 0.350. The highest BCUT2D eigenvalue weighted by Gasteiger charge is 2.29. The minimum absolute atomic E-state index is 0.0855. The number of nitrogens with zero attached hydrogens (tertiary/aromatic N) is 2. The summed E-state index contributed by atoms with van der Waals surface area (Å²) >= 11 is 0. The first-order valence-electron chi connectivity index (χ1n) is 8.85. The van der Waals surface area contributed by atoms with E-state index in [-0.39, 0.29) is 5.91 Å². The van der Waals surface area contributed by atoms with Crippen molar-refractivity contribution in [1.82, 2.24) is 9.21 Å². The molecule has 1 aliphatic rings. The number of piperazine rings is 1. The molecule has 0 unspecified atom stereocenters. The van der Waals surface area contributed by atoms with Gasteiger partial charge in [0, 0.05) is 32.6 Å². The van der Waals surface area contributed by atoms with E-state index in [1.165, 1.54) is 9.87 Å². The van der Waals surface area contributed by atoms with E-state index >= 15 is 0 Å². The van der Waals surface area contributed by atoms with Crippen molar-refractivity contribution < 1.29 is 13.2 Å². The van der Waals surface area contributed by atoms with Crippen LogP contribution in [0.5, 0.6) is 0 Å². The highest BCUT2D eigenvalue weighted by Crippen LogP contribution is 2.17. The number of hydrogen-bond acceptors (Lipinski definition) is 3. The summed E-state index contributed by atoms with van der Waals surface area (Å²) in [5.74, 6) is 0.0855. The van der Waals surface area contributed by atoms with Gasteiger partial charge in [-0.1, -0.05) is 48.0 Å². The van der Waals surface area contributed by atoms with Crippen molar-refractivity contribution in [1.29, 1.82) is 0 Å². The Morgan fingerprint density at radius 2 is 1.54 bits per heavy atom. The number of amides is 1. The van der Waals surface area contributed by atoms with Crippen LogP contribution >= 0.6 is 0 Å². The molecule has 1 saturated heterocycles. The Morgan fingerprint density at radius 3 is 2.15 bits per heavy atom. The number of carbonyl (C=O) groups excluding carboxylic acids is 1. The van der Waals surface area contributed by atoms with Gasteiger partial charge < -0.3 is 4.90 Å². The summed E-state index contributed by atoms with van der Waals surface area (Å²) in [7, 11) is -3.48. The highest BCUT2D eigenvalue weighted by molar-refractivity contribution is 7.89. The van der Waals surface area contributed by atoms with E-state index in [0.717, 1.165) is 5.56 Å². The van der Waals surface area contributed by atoms with Crippen LogP contribution in [0.25, 0.3) is 0 Å². The normalized spacial score (nSPS) is 15.8. The topological polar surface area (TPSA) is 57.7 Å². The van der Waals surface area contributed by atoms with Gasteiger partial charge in [-0.25, -0.2) is 8.42 Å². The monoisotopic (exact) mass is 372 g/mol. The molecule has 0 radical (unpaired) electrons. The van der Waals surface area contributed by atoms with E-state index < -0.39 is 10.0 Å². The Labute approximate surface area is 155 Å². The van der Waals surface area contributed by atoms with Crippen LogP contribution in [0.3, 0.4) is 0 Å². The number of aryl methyl sites for hydroxylation is 2. The molecule has 0 spiro atoms. The highest BCUT2D eigenvalue weighted by atomic mass is 32.2. The molecule has 26 heavy (non-hydrogen) atoms. The fourth-order valence-corrected chi connectivity index (χ4v) is 4.53.